The number of anilines is 1. The van der Waals surface area contributed by atoms with Crippen molar-refractivity contribution in [1.29, 1.82) is 0 Å². The molecule has 0 aromatic heterocycles. The van der Waals surface area contributed by atoms with E-state index in [1.165, 1.54) is 25.5 Å². The Bertz CT molecular complexity index is 1180. The maximum absolute atomic E-state index is 13.3. The van der Waals surface area contributed by atoms with Crippen molar-refractivity contribution in [2.24, 2.45) is 5.10 Å². The maximum Gasteiger partial charge on any atom is 0.264 e. The number of hydrazone groups is 1. The first-order chi connectivity index (χ1) is 15.4. The molecule has 1 amide bonds. The molecular formula is C23H23N3O5S. The second-order valence-corrected chi connectivity index (χ2v) is 8.45. The highest BCUT2D eigenvalue weighted by molar-refractivity contribution is 7.92. The van der Waals surface area contributed by atoms with E-state index in [0.717, 1.165) is 4.31 Å². The summed E-state index contributed by atoms with van der Waals surface area (Å²) in [6, 6.07) is 21.4. The Labute approximate surface area is 187 Å². The van der Waals surface area contributed by atoms with Gasteiger partial charge in [-0.05, 0) is 54.1 Å². The number of sulfonamides is 1. The third-order valence-corrected chi connectivity index (χ3v) is 6.26. The Balaban J connectivity index is 1.81. The van der Waals surface area contributed by atoms with Gasteiger partial charge in [-0.2, -0.15) is 5.10 Å². The van der Waals surface area contributed by atoms with E-state index in [0.29, 0.717) is 22.7 Å². The Morgan fingerprint density at radius 2 is 1.62 bits per heavy atom. The molecule has 0 saturated heterocycles. The molecule has 0 aliphatic carbocycles. The highest BCUT2D eigenvalue weighted by Gasteiger charge is 2.27. The molecule has 0 unspecified atom stereocenters. The summed E-state index contributed by atoms with van der Waals surface area (Å²) in [6.45, 7) is -0.459. The van der Waals surface area contributed by atoms with E-state index in [9.17, 15) is 13.2 Å². The molecule has 0 aliphatic rings. The van der Waals surface area contributed by atoms with Gasteiger partial charge in [0.15, 0.2) is 0 Å². The van der Waals surface area contributed by atoms with Crippen LogP contribution < -0.4 is 19.2 Å². The van der Waals surface area contributed by atoms with Crippen LogP contribution in [-0.4, -0.2) is 41.3 Å². The van der Waals surface area contributed by atoms with Crippen molar-refractivity contribution < 1.29 is 22.7 Å². The molecule has 0 saturated carbocycles. The Kier molecular flexibility index (Phi) is 7.45. The van der Waals surface area contributed by atoms with Gasteiger partial charge >= 0.3 is 0 Å². The zero-order valence-corrected chi connectivity index (χ0v) is 18.5. The molecule has 0 fully saturated rings. The first-order valence-corrected chi connectivity index (χ1v) is 11.1. The number of nitrogens with one attached hydrogen (secondary N) is 1. The summed E-state index contributed by atoms with van der Waals surface area (Å²) in [5.41, 5.74) is 3.41. The molecule has 1 N–H and O–H groups in total. The standard InChI is InChI=1S/C23H23N3O5S/c1-30-20-13-11-19(12-14-20)26(32(28,29)22-9-4-3-5-10-22)17-23(27)25-24-16-18-7-6-8-21(15-18)31-2/h3-16H,17H2,1-2H3,(H,25,27). The molecule has 3 aromatic rings. The lowest BCUT2D eigenvalue weighted by Crippen LogP contribution is -2.39. The predicted molar refractivity (Wildman–Crippen MR) is 123 cm³/mol. The van der Waals surface area contributed by atoms with Crippen LogP contribution >= 0.6 is 0 Å². The average molecular weight is 454 g/mol. The van der Waals surface area contributed by atoms with Gasteiger partial charge in [0, 0.05) is 0 Å². The van der Waals surface area contributed by atoms with Gasteiger partial charge in [-0.3, -0.25) is 9.10 Å². The highest BCUT2D eigenvalue weighted by atomic mass is 32.2. The lowest BCUT2D eigenvalue weighted by molar-refractivity contribution is -0.119. The number of benzene rings is 3. The quantitative estimate of drug-likeness (QED) is 0.397. The second-order valence-electron chi connectivity index (χ2n) is 6.59. The molecule has 8 nitrogen and oxygen atoms in total. The van der Waals surface area contributed by atoms with Crippen LogP contribution in [0.15, 0.2) is 88.9 Å². The number of rotatable bonds is 9. The third kappa shape index (κ3) is 5.64. The van der Waals surface area contributed by atoms with E-state index in [1.807, 2.05) is 0 Å². The normalized spacial score (nSPS) is 11.2. The first kappa shape index (κ1) is 22.8. The summed E-state index contributed by atoms with van der Waals surface area (Å²) < 4.78 is 37.8. The van der Waals surface area contributed by atoms with E-state index in [1.54, 1.807) is 73.8 Å². The van der Waals surface area contributed by atoms with E-state index in [2.05, 4.69) is 10.5 Å². The Morgan fingerprint density at radius 3 is 2.28 bits per heavy atom. The average Bonchev–Trinajstić information content (AvgIpc) is 2.83. The minimum atomic E-state index is -3.99. The topological polar surface area (TPSA) is 97.3 Å². The van der Waals surface area contributed by atoms with Gasteiger partial charge < -0.3 is 9.47 Å². The highest BCUT2D eigenvalue weighted by Crippen LogP contribution is 2.25. The van der Waals surface area contributed by atoms with Gasteiger partial charge in [-0.15, -0.1) is 0 Å². The fraction of sp³-hybridized carbons (Fsp3) is 0.130. The van der Waals surface area contributed by atoms with Gasteiger partial charge in [0.25, 0.3) is 15.9 Å². The van der Waals surface area contributed by atoms with Crippen LogP contribution in [0.1, 0.15) is 5.56 Å². The lowest BCUT2D eigenvalue weighted by atomic mass is 10.2. The van der Waals surface area contributed by atoms with Crippen LogP contribution in [-0.2, 0) is 14.8 Å². The number of carbonyl (C=O) groups excluding carboxylic acids is 1. The molecule has 3 aromatic carbocycles. The van der Waals surface area contributed by atoms with Gasteiger partial charge in [-0.25, -0.2) is 13.8 Å². The van der Waals surface area contributed by atoms with E-state index in [4.69, 9.17) is 9.47 Å². The largest absolute Gasteiger partial charge is 0.497 e. The SMILES string of the molecule is COc1ccc(N(CC(=O)NN=Cc2cccc(OC)c2)S(=O)(=O)c2ccccc2)cc1. The molecule has 0 bridgehead atoms. The molecule has 0 aliphatic heterocycles. The third-order valence-electron chi connectivity index (χ3n) is 4.48. The van der Waals surface area contributed by atoms with Crippen LogP contribution in [0.5, 0.6) is 11.5 Å². The number of carbonyl (C=O) groups is 1. The molecule has 3 rings (SSSR count). The van der Waals surface area contributed by atoms with Gasteiger partial charge in [-0.1, -0.05) is 30.3 Å². The predicted octanol–water partition coefficient (Wildman–Crippen LogP) is 3.05. The fourth-order valence-corrected chi connectivity index (χ4v) is 4.29. The lowest BCUT2D eigenvalue weighted by Gasteiger charge is -2.23. The van der Waals surface area contributed by atoms with Crippen molar-refractivity contribution in [2.45, 2.75) is 4.90 Å². The van der Waals surface area contributed by atoms with Crippen molar-refractivity contribution in [3.8, 4) is 11.5 Å². The van der Waals surface area contributed by atoms with Crippen LogP contribution in [0.4, 0.5) is 5.69 Å². The van der Waals surface area contributed by atoms with Gasteiger partial charge in [0.2, 0.25) is 0 Å². The van der Waals surface area contributed by atoms with Gasteiger partial charge in [0.1, 0.15) is 18.0 Å². The molecule has 9 heteroatoms. The van der Waals surface area contributed by atoms with Crippen LogP contribution in [0.3, 0.4) is 0 Å². The van der Waals surface area contributed by atoms with Crippen LogP contribution in [0.25, 0.3) is 0 Å². The summed E-state index contributed by atoms with van der Waals surface area (Å²) in [5.74, 6) is 0.623. The number of ether oxygens (including phenoxy) is 2. The first-order valence-electron chi connectivity index (χ1n) is 9.62. The van der Waals surface area contributed by atoms with Crippen molar-refractivity contribution in [2.75, 3.05) is 25.1 Å². The van der Waals surface area contributed by atoms with Gasteiger partial charge in [0.05, 0.1) is 31.0 Å². The smallest absolute Gasteiger partial charge is 0.264 e. The Hall–Kier alpha value is -3.85. The molecule has 166 valence electrons. The Morgan fingerprint density at radius 1 is 0.938 bits per heavy atom. The summed E-state index contributed by atoms with van der Waals surface area (Å²) in [6.07, 6.45) is 1.45. The van der Waals surface area contributed by atoms with Crippen molar-refractivity contribution in [3.63, 3.8) is 0 Å². The summed E-state index contributed by atoms with van der Waals surface area (Å²) in [7, 11) is -0.922. The molecule has 32 heavy (non-hydrogen) atoms. The number of hydrogen-bond acceptors (Lipinski definition) is 6. The summed E-state index contributed by atoms with van der Waals surface area (Å²) >= 11 is 0. The minimum Gasteiger partial charge on any atom is -0.497 e. The monoisotopic (exact) mass is 453 g/mol. The van der Waals surface area contributed by atoms with E-state index < -0.39 is 22.5 Å². The molecule has 0 spiro atoms. The van der Waals surface area contributed by atoms with Crippen molar-refractivity contribution in [1.82, 2.24) is 5.43 Å². The van der Waals surface area contributed by atoms with E-state index in [-0.39, 0.29) is 4.90 Å². The number of amides is 1. The molecular weight excluding hydrogens is 430 g/mol. The second kappa shape index (κ2) is 10.5. The summed E-state index contributed by atoms with van der Waals surface area (Å²) in [5, 5.41) is 3.92. The van der Waals surface area contributed by atoms with Crippen LogP contribution in [0.2, 0.25) is 0 Å². The number of hydrogen-bond donors (Lipinski definition) is 1. The molecule has 0 heterocycles. The zero-order valence-electron chi connectivity index (χ0n) is 17.6. The number of methoxy groups -OCH3 is 2. The van der Waals surface area contributed by atoms with Crippen LogP contribution in [0, 0.1) is 0 Å². The molecule has 0 radical (unpaired) electrons. The summed E-state index contributed by atoms with van der Waals surface area (Å²) in [4.78, 5) is 12.6. The maximum atomic E-state index is 13.3. The van der Waals surface area contributed by atoms with E-state index >= 15 is 0 Å². The zero-order chi connectivity index (χ0) is 23.0. The molecule has 0 atom stereocenters. The van der Waals surface area contributed by atoms with Crippen molar-refractivity contribution in [3.05, 3.63) is 84.4 Å². The van der Waals surface area contributed by atoms with Crippen molar-refractivity contribution >= 4 is 27.8 Å². The fourth-order valence-electron chi connectivity index (χ4n) is 2.85. The number of nitrogens with zero attached hydrogens (tertiary/aromatic N) is 2. The minimum absolute atomic E-state index is 0.0727.